The Morgan fingerprint density at radius 3 is 2.46 bits per heavy atom. The number of rotatable bonds is 4. The number of aryl methyl sites for hydroxylation is 1. The fraction of sp³-hybridized carbons (Fsp3) is 0.250. The molecule has 0 aromatic heterocycles. The van der Waals surface area contributed by atoms with Crippen LogP contribution >= 0.6 is 11.8 Å². The minimum absolute atomic E-state index is 0.0171. The van der Waals surface area contributed by atoms with E-state index in [1.54, 1.807) is 24.3 Å². The number of hydrogen-bond donors (Lipinski definition) is 2. The molecule has 0 radical (unpaired) electrons. The van der Waals surface area contributed by atoms with Crippen LogP contribution in [0.25, 0.3) is 0 Å². The van der Waals surface area contributed by atoms with E-state index in [1.165, 1.54) is 30.8 Å². The van der Waals surface area contributed by atoms with Crippen LogP contribution in [-0.2, 0) is 4.79 Å². The van der Waals surface area contributed by atoms with E-state index < -0.39 is 17.5 Å². The van der Waals surface area contributed by atoms with Gasteiger partial charge in [-0.05, 0) is 73.2 Å². The van der Waals surface area contributed by atoms with Gasteiger partial charge in [0.2, 0.25) is 5.91 Å². The highest BCUT2D eigenvalue weighted by molar-refractivity contribution is 8.00. The Morgan fingerprint density at radius 1 is 1.00 bits per heavy atom. The molecule has 0 spiro atoms. The predicted octanol–water partition coefficient (Wildman–Crippen LogP) is 5.59. The Bertz CT molecular complexity index is 1390. The zero-order chi connectivity index (χ0) is 26.1. The number of nitrogens with one attached hydrogen (secondary N) is 2. The molecule has 0 atom stereocenters. The number of hydrogen-bond acceptors (Lipinski definition) is 4. The summed E-state index contributed by atoms with van der Waals surface area (Å²) in [6.45, 7) is 2.69. The average Bonchev–Trinajstić information content (AvgIpc) is 2.91. The molecule has 2 N–H and O–H groups in total. The van der Waals surface area contributed by atoms with Crippen LogP contribution in [0.5, 0.6) is 0 Å². The first-order valence-corrected chi connectivity index (χ1v) is 13.0. The standard InChI is InChI=1S/C28H25F2N3O3S/c1-16-2-8-21(26(30)25(16)29)27(35)31-20-6-3-17(4-7-20)18-10-12-33(13-11-18)28(36)19-5-9-22-23(14-19)37-15-24(34)32-22/h2-9,14,18H,10-13,15H2,1H3,(H,31,35)(H,32,34). The molecule has 2 aliphatic heterocycles. The van der Waals surface area contributed by atoms with Crippen LogP contribution in [0.3, 0.4) is 0 Å². The Labute approximate surface area is 217 Å². The van der Waals surface area contributed by atoms with Gasteiger partial charge in [0.1, 0.15) is 0 Å². The summed E-state index contributed by atoms with van der Waals surface area (Å²) in [5, 5.41) is 5.44. The van der Waals surface area contributed by atoms with E-state index in [0.29, 0.717) is 30.1 Å². The predicted molar refractivity (Wildman–Crippen MR) is 139 cm³/mol. The summed E-state index contributed by atoms with van der Waals surface area (Å²) < 4.78 is 27.9. The molecule has 9 heteroatoms. The van der Waals surface area contributed by atoms with Crippen molar-refractivity contribution < 1.29 is 23.2 Å². The molecule has 2 aliphatic rings. The first-order valence-electron chi connectivity index (χ1n) is 12.0. The van der Waals surface area contributed by atoms with Crippen LogP contribution in [-0.4, -0.2) is 41.5 Å². The van der Waals surface area contributed by atoms with Gasteiger partial charge in [-0.15, -0.1) is 11.8 Å². The van der Waals surface area contributed by atoms with Crippen LogP contribution in [0, 0.1) is 18.6 Å². The van der Waals surface area contributed by atoms with Crippen molar-refractivity contribution in [3.05, 3.63) is 88.5 Å². The molecule has 0 saturated carbocycles. The third kappa shape index (κ3) is 5.22. The number of thioether (sulfide) groups is 1. The SMILES string of the molecule is Cc1ccc(C(=O)Nc2ccc(C3CCN(C(=O)c4ccc5c(c4)SCC(=O)N5)CC3)cc2)c(F)c1F. The monoisotopic (exact) mass is 521 g/mol. The second-order valence-corrected chi connectivity index (χ2v) is 10.3. The van der Waals surface area contributed by atoms with Crippen molar-refractivity contribution in [2.45, 2.75) is 30.6 Å². The lowest BCUT2D eigenvalue weighted by molar-refractivity contribution is -0.113. The second-order valence-electron chi connectivity index (χ2n) is 9.25. The number of halogens is 2. The van der Waals surface area contributed by atoms with Gasteiger partial charge in [0.25, 0.3) is 11.8 Å². The molecule has 6 nitrogen and oxygen atoms in total. The second kappa shape index (κ2) is 10.3. The fourth-order valence-electron chi connectivity index (χ4n) is 4.66. The summed E-state index contributed by atoms with van der Waals surface area (Å²) in [6, 6.07) is 15.3. The van der Waals surface area contributed by atoms with E-state index in [-0.39, 0.29) is 28.9 Å². The van der Waals surface area contributed by atoms with Gasteiger partial charge in [-0.2, -0.15) is 0 Å². The van der Waals surface area contributed by atoms with Gasteiger partial charge in [-0.1, -0.05) is 18.2 Å². The first-order chi connectivity index (χ1) is 17.8. The highest BCUT2D eigenvalue weighted by Crippen LogP contribution is 2.34. The van der Waals surface area contributed by atoms with Crippen LogP contribution < -0.4 is 10.6 Å². The largest absolute Gasteiger partial charge is 0.339 e. The molecular formula is C28H25F2N3O3S. The summed E-state index contributed by atoms with van der Waals surface area (Å²) >= 11 is 1.43. The van der Waals surface area contributed by atoms with Crippen LogP contribution in [0.2, 0.25) is 0 Å². The lowest BCUT2D eigenvalue weighted by atomic mass is 9.89. The number of likely N-dealkylation sites (tertiary alicyclic amines) is 1. The number of carbonyl (C=O) groups is 3. The van der Waals surface area contributed by atoms with E-state index in [1.807, 2.05) is 23.1 Å². The maximum absolute atomic E-state index is 14.1. The minimum atomic E-state index is -1.16. The van der Waals surface area contributed by atoms with E-state index in [4.69, 9.17) is 0 Å². The average molecular weight is 522 g/mol. The maximum atomic E-state index is 14.1. The fourth-order valence-corrected chi connectivity index (χ4v) is 5.51. The lowest BCUT2D eigenvalue weighted by Crippen LogP contribution is -2.38. The molecule has 190 valence electrons. The molecule has 0 aliphatic carbocycles. The van der Waals surface area contributed by atoms with Crippen LogP contribution in [0.15, 0.2) is 59.5 Å². The number of anilines is 2. The number of nitrogens with zero attached hydrogens (tertiary/aromatic N) is 1. The highest BCUT2D eigenvalue weighted by Gasteiger charge is 2.26. The molecule has 1 fully saturated rings. The Kier molecular flexibility index (Phi) is 6.97. The molecular weight excluding hydrogens is 496 g/mol. The van der Waals surface area contributed by atoms with Gasteiger partial charge in [0.15, 0.2) is 11.6 Å². The van der Waals surface area contributed by atoms with E-state index in [2.05, 4.69) is 10.6 Å². The Hall–Kier alpha value is -3.72. The van der Waals surface area contributed by atoms with Crippen molar-refractivity contribution in [3.8, 4) is 0 Å². The van der Waals surface area contributed by atoms with E-state index in [9.17, 15) is 23.2 Å². The Morgan fingerprint density at radius 2 is 1.73 bits per heavy atom. The summed E-state index contributed by atoms with van der Waals surface area (Å²) in [5.41, 5.74) is 2.74. The molecule has 0 bridgehead atoms. The molecule has 1 saturated heterocycles. The molecule has 3 aromatic rings. The molecule has 2 heterocycles. The summed E-state index contributed by atoms with van der Waals surface area (Å²) in [7, 11) is 0. The van der Waals surface area contributed by atoms with Gasteiger partial charge < -0.3 is 15.5 Å². The number of carbonyl (C=O) groups excluding carboxylic acids is 3. The van der Waals surface area contributed by atoms with Gasteiger partial charge in [0.05, 0.1) is 17.0 Å². The van der Waals surface area contributed by atoms with Crippen LogP contribution in [0.1, 0.15) is 50.6 Å². The third-order valence-corrected chi connectivity index (χ3v) is 7.86. The lowest BCUT2D eigenvalue weighted by Gasteiger charge is -2.32. The van der Waals surface area contributed by atoms with E-state index in [0.717, 1.165) is 29.0 Å². The van der Waals surface area contributed by atoms with E-state index >= 15 is 0 Å². The molecule has 5 rings (SSSR count). The quantitative estimate of drug-likeness (QED) is 0.469. The zero-order valence-electron chi connectivity index (χ0n) is 20.1. The van der Waals surface area contributed by atoms with Crippen molar-refractivity contribution in [2.24, 2.45) is 0 Å². The topological polar surface area (TPSA) is 78.5 Å². The van der Waals surface area contributed by atoms with Gasteiger partial charge in [-0.3, -0.25) is 14.4 Å². The molecule has 3 aromatic carbocycles. The van der Waals surface area contributed by atoms with Crippen molar-refractivity contribution >= 4 is 40.9 Å². The summed E-state index contributed by atoms with van der Waals surface area (Å²) in [5.74, 6) is -2.32. The highest BCUT2D eigenvalue weighted by atomic mass is 32.2. The van der Waals surface area contributed by atoms with Crippen molar-refractivity contribution in [1.82, 2.24) is 4.90 Å². The van der Waals surface area contributed by atoms with Crippen molar-refractivity contribution in [1.29, 1.82) is 0 Å². The van der Waals surface area contributed by atoms with Crippen molar-refractivity contribution in [3.63, 3.8) is 0 Å². The maximum Gasteiger partial charge on any atom is 0.258 e. The number of amides is 3. The smallest absolute Gasteiger partial charge is 0.258 e. The number of benzene rings is 3. The zero-order valence-corrected chi connectivity index (χ0v) is 21.0. The normalized spacial score (nSPS) is 15.6. The summed E-state index contributed by atoms with van der Waals surface area (Å²) in [6.07, 6.45) is 1.61. The molecule has 0 unspecified atom stereocenters. The van der Waals surface area contributed by atoms with Crippen LogP contribution in [0.4, 0.5) is 20.2 Å². The summed E-state index contributed by atoms with van der Waals surface area (Å²) in [4.78, 5) is 39.8. The minimum Gasteiger partial charge on any atom is -0.339 e. The third-order valence-electron chi connectivity index (χ3n) is 6.80. The number of fused-ring (bicyclic) bond motifs is 1. The number of piperidine rings is 1. The Balaban J connectivity index is 1.18. The van der Waals surface area contributed by atoms with Gasteiger partial charge >= 0.3 is 0 Å². The van der Waals surface area contributed by atoms with Gasteiger partial charge in [-0.25, -0.2) is 8.78 Å². The molecule has 3 amide bonds. The molecule has 37 heavy (non-hydrogen) atoms. The van der Waals surface area contributed by atoms with Gasteiger partial charge in [0, 0.05) is 29.2 Å². The van der Waals surface area contributed by atoms with Crippen molar-refractivity contribution in [2.75, 3.05) is 29.5 Å². The first kappa shape index (κ1) is 25.0.